The van der Waals surface area contributed by atoms with Gasteiger partial charge in [-0.25, -0.2) is 14.4 Å². The number of benzene rings is 1. The largest absolute Gasteiger partial charge is 0.393 e. The highest BCUT2D eigenvalue weighted by atomic mass is 35.5. The molecule has 1 aromatic carbocycles. The van der Waals surface area contributed by atoms with Gasteiger partial charge in [-0.3, -0.25) is 4.98 Å². The highest BCUT2D eigenvalue weighted by molar-refractivity contribution is 6.31. The number of halogens is 2. The molecule has 0 fully saturated rings. The Balaban J connectivity index is 1.76. The maximum atomic E-state index is 13.2. The number of nitrogens with two attached hydrogens (primary N) is 1. The second kappa shape index (κ2) is 7.10. The Kier molecular flexibility index (Phi) is 4.72. The van der Waals surface area contributed by atoms with Gasteiger partial charge in [0.05, 0.1) is 5.02 Å². The third-order valence-electron chi connectivity index (χ3n) is 3.25. The Morgan fingerprint density at radius 3 is 2.75 bits per heavy atom. The van der Waals surface area contributed by atoms with Gasteiger partial charge in [-0.1, -0.05) is 17.7 Å². The van der Waals surface area contributed by atoms with E-state index in [1.54, 1.807) is 18.5 Å². The van der Waals surface area contributed by atoms with E-state index in [0.29, 0.717) is 29.6 Å². The standard InChI is InChI=1S/C16H14ClFN6/c17-12-6-11(3-4-13(12)18)24-16-14(19)15(22-9-23-16)21-8-10-2-1-5-20-7-10/h1-7,9H,8,19H2,(H2,21,22,23,24). The number of nitrogen functional groups attached to an aromatic ring is 1. The smallest absolute Gasteiger partial charge is 0.159 e. The van der Waals surface area contributed by atoms with Crippen molar-refractivity contribution in [2.24, 2.45) is 0 Å². The van der Waals surface area contributed by atoms with Crippen molar-refractivity contribution in [1.29, 1.82) is 0 Å². The molecule has 2 heterocycles. The van der Waals surface area contributed by atoms with Crippen LogP contribution in [0.2, 0.25) is 5.02 Å². The van der Waals surface area contributed by atoms with E-state index in [2.05, 4.69) is 25.6 Å². The van der Waals surface area contributed by atoms with Gasteiger partial charge in [-0.05, 0) is 29.8 Å². The van der Waals surface area contributed by atoms with Crippen molar-refractivity contribution >= 4 is 34.6 Å². The number of hydrogen-bond acceptors (Lipinski definition) is 6. The average Bonchev–Trinajstić information content (AvgIpc) is 2.60. The van der Waals surface area contributed by atoms with E-state index in [9.17, 15) is 4.39 Å². The van der Waals surface area contributed by atoms with E-state index in [4.69, 9.17) is 17.3 Å². The zero-order valence-corrected chi connectivity index (χ0v) is 13.3. The van der Waals surface area contributed by atoms with Crippen LogP contribution in [0.5, 0.6) is 0 Å². The minimum atomic E-state index is -0.489. The Bertz CT molecular complexity index is 843. The number of nitrogens with one attached hydrogen (secondary N) is 2. The maximum Gasteiger partial charge on any atom is 0.159 e. The summed E-state index contributed by atoms with van der Waals surface area (Å²) in [7, 11) is 0. The lowest BCUT2D eigenvalue weighted by Gasteiger charge is -2.12. The molecule has 122 valence electrons. The first-order valence-electron chi connectivity index (χ1n) is 7.09. The number of aromatic nitrogens is 3. The molecule has 0 radical (unpaired) electrons. The molecule has 3 aromatic rings. The van der Waals surface area contributed by atoms with E-state index < -0.39 is 5.82 Å². The van der Waals surface area contributed by atoms with Crippen molar-refractivity contribution in [3.05, 3.63) is 65.5 Å². The summed E-state index contributed by atoms with van der Waals surface area (Å²) >= 11 is 5.77. The van der Waals surface area contributed by atoms with Gasteiger partial charge >= 0.3 is 0 Å². The van der Waals surface area contributed by atoms with Crippen LogP contribution in [0.15, 0.2) is 49.1 Å². The summed E-state index contributed by atoms with van der Waals surface area (Å²) < 4.78 is 13.2. The van der Waals surface area contributed by atoms with Crippen LogP contribution in [0, 0.1) is 5.82 Å². The lowest BCUT2D eigenvalue weighted by atomic mass is 10.3. The molecular weight excluding hydrogens is 331 g/mol. The van der Waals surface area contributed by atoms with Crippen LogP contribution in [-0.2, 0) is 6.54 Å². The summed E-state index contributed by atoms with van der Waals surface area (Å²) in [5.41, 5.74) is 8.01. The first kappa shape index (κ1) is 15.9. The lowest BCUT2D eigenvalue weighted by Crippen LogP contribution is -2.08. The molecule has 4 N–H and O–H groups in total. The maximum absolute atomic E-state index is 13.2. The third-order valence-corrected chi connectivity index (χ3v) is 3.54. The van der Waals surface area contributed by atoms with Crippen molar-refractivity contribution in [3.63, 3.8) is 0 Å². The quantitative estimate of drug-likeness (QED) is 0.655. The number of hydrogen-bond donors (Lipinski definition) is 3. The second-order valence-corrected chi connectivity index (χ2v) is 5.36. The van der Waals surface area contributed by atoms with Crippen LogP contribution in [0.25, 0.3) is 0 Å². The van der Waals surface area contributed by atoms with Crippen molar-refractivity contribution < 1.29 is 4.39 Å². The molecule has 24 heavy (non-hydrogen) atoms. The molecular formula is C16H14ClFN6. The van der Waals surface area contributed by atoms with Crippen molar-refractivity contribution in [2.45, 2.75) is 6.54 Å². The molecule has 0 atom stereocenters. The van der Waals surface area contributed by atoms with E-state index in [1.807, 2.05) is 12.1 Å². The topological polar surface area (TPSA) is 88.8 Å². The summed E-state index contributed by atoms with van der Waals surface area (Å²) in [5, 5.41) is 6.15. The summed E-state index contributed by atoms with van der Waals surface area (Å²) in [6, 6.07) is 8.07. The fourth-order valence-electron chi connectivity index (χ4n) is 2.04. The molecule has 0 aliphatic heterocycles. The van der Waals surface area contributed by atoms with Crippen molar-refractivity contribution in [2.75, 3.05) is 16.4 Å². The fraction of sp³-hybridized carbons (Fsp3) is 0.0625. The zero-order valence-electron chi connectivity index (χ0n) is 12.5. The van der Waals surface area contributed by atoms with E-state index in [0.717, 1.165) is 5.56 Å². The van der Waals surface area contributed by atoms with Gasteiger partial charge in [-0.15, -0.1) is 0 Å². The molecule has 3 rings (SSSR count). The van der Waals surface area contributed by atoms with Crippen molar-refractivity contribution in [1.82, 2.24) is 15.0 Å². The van der Waals surface area contributed by atoms with Gasteiger partial charge in [0, 0.05) is 24.6 Å². The molecule has 0 amide bonds. The Morgan fingerprint density at radius 1 is 1.17 bits per heavy atom. The molecule has 0 bridgehead atoms. The van der Waals surface area contributed by atoms with Gasteiger partial charge in [0.2, 0.25) is 0 Å². The van der Waals surface area contributed by atoms with Crippen LogP contribution in [0.3, 0.4) is 0 Å². The lowest BCUT2D eigenvalue weighted by molar-refractivity contribution is 0.628. The number of anilines is 4. The molecule has 0 unspecified atom stereocenters. The molecule has 8 heteroatoms. The van der Waals surface area contributed by atoms with Crippen LogP contribution < -0.4 is 16.4 Å². The Morgan fingerprint density at radius 2 is 2.00 bits per heavy atom. The van der Waals surface area contributed by atoms with Crippen LogP contribution in [0.4, 0.5) is 27.4 Å². The predicted molar refractivity (Wildman–Crippen MR) is 92.7 cm³/mol. The number of rotatable bonds is 5. The Hall–Kier alpha value is -2.93. The minimum absolute atomic E-state index is 0.0163. The average molecular weight is 345 g/mol. The molecule has 0 saturated heterocycles. The molecule has 0 spiro atoms. The first-order valence-corrected chi connectivity index (χ1v) is 7.46. The van der Waals surface area contributed by atoms with E-state index >= 15 is 0 Å². The molecule has 0 saturated carbocycles. The van der Waals surface area contributed by atoms with Gasteiger partial charge in [0.15, 0.2) is 11.6 Å². The molecule has 6 nitrogen and oxygen atoms in total. The Labute approximate surface area is 142 Å². The van der Waals surface area contributed by atoms with Gasteiger partial charge in [0.1, 0.15) is 17.8 Å². The highest BCUT2D eigenvalue weighted by Gasteiger charge is 2.09. The number of nitrogens with zero attached hydrogens (tertiary/aromatic N) is 3. The number of pyridine rings is 1. The van der Waals surface area contributed by atoms with Crippen LogP contribution >= 0.6 is 11.6 Å². The fourth-order valence-corrected chi connectivity index (χ4v) is 2.22. The summed E-state index contributed by atoms with van der Waals surface area (Å²) in [4.78, 5) is 12.3. The van der Waals surface area contributed by atoms with Gasteiger partial charge in [-0.2, -0.15) is 0 Å². The molecule has 0 aliphatic carbocycles. The third kappa shape index (κ3) is 3.69. The van der Waals surface area contributed by atoms with Crippen molar-refractivity contribution in [3.8, 4) is 0 Å². The predicted octanol–water partition coefficient (Wildman–Crippen LogP) is 3.60. The van der Waals surface area contributed by atoms with Gasteiger partial charge < -0.3 is 16.4 Å². The van der Waals surface area contributed by atoms with Crippen LogP contribution in [0.1, 0.15) is 5.56 Å². The summed E-state index contributed by atoms with van der Waals surface area (Å²) in [6.45, 7) is 0.525. The SMILES string of the molecule is Nc1c(NCc2cccnc2)ncnc1Nc1ccc(F)c(Cl)c1. The monoisotopic (exact) mass is 344 g/mol. The van der Waals surface area contributed by atoms with E-state index in [-0.39, 0.29) is 5.02 Å². The van der Waals surface area contributed by atoms with Gasteiger partial charge in [0.25, 0.3) is 0 Å². The first-order chi connectivity index (χ1) is 11.6. The van der Waals surface area contributed by atoms with E-state index in [1.165, 1.54) is 18.5 Å². The normalized spacial score (nSPS) is 10.4. The molecule has 0 aliphatic rings. The minimum Gasteiger partial charge on any atom is -0.393 e. The summed E-state index contributed by atoms with van der Waals surface area (Å²) in [5.74, 6) is 0.405. The summed E-state index contributed by atoms with van der Waals surface area (Å²) in [6.07, 6.45) is 4.85. The molecule has 2 aromatic heterocycles. The highest BCUT2D eigenvalue weighted by Crippen LogP contribution is 2.27. The van der Waals surface area contributed by atoms with Crippen LogP contribution in [-0.4, -0.2) is 15.0 Å². The second-order valence-electron chi connectivity index (χ2n) is 4.95. The zero-order chi connectivity index (χ0) is 16.9.